The number of hydrogen-bond acceptors (Lipinski definition) is 4. The topological polar surface area (TPSA) is 153 Å². The van der Waals surface area contributed by atoms with Crippen LogP contribution in [0.25, 0.3) is 21.8 Å². The predicted molar refractivity (Wildman–Crippen MR) is 138 cm³/mol. The number of carbonyl (C=O) groups is 3. The van der Waals surface area contributed by atoms with Gasteiger partial charge in [0.2, 0.25) is 11.8 Å². The summed E-state index contributed by atoms with van der Waals surface area (Å²) >= 11 is 0. The van der Waals surface area contributed by atoms with E-state index in [1.165, 1.54) is 0 Å². The summed E-state index contributed by atoms with van der Waals surface area (Å²) in [6.07, 6.45) is 3.80. The first-order valence-electron chi connectivity index (χ1n) is 11.9. The van der Waals surface area contributed by atoms with Crippen LogP contribution < -0.4 is 16.4 Å². The van der Waals surface area contributed by atoms with Gasteiger partial charge in [-0.15, -0.1) is 0 Å². The molecule has 2 aromatic heterocycles. The van der Waals surface area contributed by atoms with E-state index in [1.54, 1.807) is 12.4 Å². The van der Waals surface area contributed by atoms with Crippen LogP contribution in [-0.4, -0.2) is 51.0 Å². The number of nitrogens with two attached hydrogens (primary N) is 1. The molecule has 0 aliphatic rings. The highest BCUT2D eigenvalue weighted by Crippen LogP contribution is 2.21. The van der Waals surface area contributed by atoms with E-state index in [0.29, 0.717) is 0 Å². The molecule has 2 amide bonds. The lowest BCUT2D eigenvalue weighted by molar-refractivity contribution is -0.142. The molecule has 9 nitrogen and oxygen atoms in total. The molecule has 7 N–H and O–H groups in total. The van der Waals surface area contributed by atoms with Crippen molar-refractivity contribution in [2.45, 2.75) is 44.8 Å². The number of amides is 2. The molecule has 3 atom stereocenters. The van der Waals surface area contributed by atoms with Crippen LogP contribution in [0.5, 0.6) is 0 Å². The summed E-state index contributed by atoms with van der Waals surface area (Å²) in [5.41, 5.74) is 9.41. The summed E-state index contributed by atoms with van der Waals surface area (Å²) in [5.74, 6) is -2.34. The molecular weight excluding hydrogens is 458 g/mol. The van der Waals surface area contributed by atoms with Gasteiger partial charge in [0, 0.05) is 47.0 Å². The first-order valence-corrected chi connectivity index (χ1v) is 11.9. The third kappa shape index (κ3) is 5.41. The van der Waals surface area contributed by atoms with E-state index in [1.807, 2.05) is 62.4 Å². The molecule has 0 unspecified atom stereocenters. The van der Waals surface area contributed by atoms with Crippen LogP contribution in [0.3, 0.4) is 0 Å². The van der Waals surface area contributed by atoms with Crippen molar-refractivity contribution in [1.82, 2.24) is 20.6 Å². The van der Waals surface area contributed by atoms with Gasteiger partial charge < -0.3 is 31.4 Å². The van der Waals surface area contributed by atoms with Crippen LogP contribution in [0, 0.1) is 5.92 Å². The van der Waals surface area contributed by atoms with Crippen LogP contribution in [-0.2, 0) is 27.2 Å². The van der Waals surface area contributed by atoms with Gasteiger partial charge in [0.15, 0.2) is 0 Å². The number of para-hydroxylation sites is 2. The molecule has 0 saturated carbocycles. The van der Waals surface area contributed by atoms with Gasteiger partial charge in [-0.25, -0.2) is 4.79 Å². The molecular formula is C27H31N5O4. The number of carbonyl (C=O) groups excluding carboxylic acids is 2. The Kier molecular flexibility index (Phi) is 7.40. The molecule has 188 valence electrons. The smallest absolute Gasteiger partial charge is 0.326 e. The Morgan fingerprint density at radius 1 is 0.806 bits per heavy atom. The number of aromatic nitrogens is 2. The van der Waals surface area contributed by atoms with Gasteiger partial charge in [0.05, 0.1) is 6.04 Å². The lowest BCUT2D eigenvalue weighted by Crippen LogP contribution is -2.56. The van der Waals surface area contributed by atoms with Crippen LogP contribution in [0.15, 0.2) is 60.9 Å². The van der Waals surface area contributed by atoms with E-state index in [-0.39, 0.29) is 18.8 Å². The highest BCUT2D eigenvalue weighted by atomic mass is 16.4. The van der Waals surface area contributed by atoms with E-state index in [4.69, 9.17) is 5.73 Å². The van der Waals surface area contributed by atoms with Crippen molar-refractivity contribution in [3.63, 3.8) is 0 Å². The molecule has 4 aromatic rings. The molecule has 0 radical (unpaired) electrons. The molecule has 0 fully saturated rings. The number of benzene rings is 2. The minimum absolute atomic E-state index is 0.0876. The van der Waals surface area contributed by atoms with E-state index in [0.717, 1.165) is 32.9 Å². The Labute approximate surface area is 208 Å². The number of aromatic amines is 2. The summed E-state index contributed by atoms with van der Waals surface area (Å²) in [6, 6.07) is 12.2. The molecule has 0 aliphatic heterocycles. The Bertz CT molecular complexity index is 1390. The first kappa shape index (κ1) is 25.0. The number of aliphatic carboxylic acids is 1. The second-order valence-electron chi connectivity index (χ2n) is 9.36. The lowest BCUT2D eigenvalue weighted by Gasteiger charge is -2.24. The molecule has 0 spiro atoms. The standard InChI is InChI=1S/C27H31N5O4/c1-15(2)24(28)26(34)31-22(11-16-13-29-20-9-5-3-7-18(16)20)25(33)32-23(27(35)36)12-17-14-30-21-10-6-4-8-19(17)21/h3-10,13-15,22-24,29-30H,11-12,28H2,1-2H3,(H,31,34)(H,32,33)(H,35,36)/t22-,23-,24-/m0/s1. The molecule has 4 rings (SSSR count). The monoisotopic (exact) mass is 489 g/mol. The van der Waals surface area contributed by atoms with E-state index in [2.05, 4.69) is 20.6 Å². The largest absolute Gasteiger partial charge is 0.480 e. The van der Waals surface area contributed by atoms with Crippen molar-refractivity contribution in [3.05, 3.63) is 72.1 Å². The maximum Gasteiger partial charge on any atom is 0.326 e. The number of carboxylic acid groups (broad SMARTS) is 1. The second-order valence-corrected chi connectivity index (χ2v) is 9.36. The Hall–Kier alpha value is -4.11. The van der Waals surface area contributed by atoms with Gasteiger partial charge in [0.25, 0.3) is 0 Å². The molecule has 0 bridgehead atoms. The molecule has 0 aliphatic carbocycles. The van der Waals surface area contributed by atoms with Gasteiger partial charge in [-0.2, -0.15) is 0 Å². The number of carboxylic acids is 1. The quantitative estimate of drug-likeness (QED) is 0.202. The highest BCUT2D eigenvalue weighted by Gasteiger charge is 2.30. The maximum absolute atomic E-state index is 13.4. The zero-order valence-electron chi connectivity index (χ0n) is 20.2. The summed E-state index contributed by atoms with van der Waals surface area (Å²) in [5, 5.41) is 17.1. The van der Waals surface area contributed by atoms with Crippen molar-refractivity contribution in [2.75, 3.05) is 0 Å². The summed E-state index contributed by atoms with van der Waals surface area (Å²) in [6.45, 7) is 3.64. The third-order valence-electron chi connectivity index (χ3n) is 6.47. The van der Waals surface area contributed by atoms with Crippen LogP contribution in [0.1, 0.15) is 25.0 Å². The van der Waals surface area contributed by atoms with Crippen molar-refractivity contribution in [2.24, 2.45) is 11.7 Å². The van der Waals surface area contributed by atoms with Crippen molar-refractivity contribution >= 4 is 39.6 Å². The van der Waals surface area contributed by atoms with Gasteiger partial charge >= 0.3 is 5.97 Å². The number of hydrogen-bond donors (Lipinski definition) is 6. The number of rotatable bonds is 10. The minimum Gasteiger partial charge on any atom is -0.480 e. The fourth-order valence-corrected chi connectivity index (χ4v) is 4.29. The fourth-order valence-electron chi connectivity index (χ4n) is 4.29. The number of nitrogens with one attached hydrogen (secondary N) is 4. The predicted octanol–water partition coefficient (Wildman–Crippen LogP) is 2.47. The molecule has 0 saturated heterocycles. The average Bonchev–Trinajstić information content (AvgIpc) is 3.46. The zero-order chi connectivity index (χ0) is 25.8. The first-order chi connectivity index (χ1) is 17.2. The lowest BCUT2D eigenvalue weighted by atomic mass is 10.0. The van der Waals surface area contributed by atoms with Crippen molar-refractivity contribution < 1.29 is 19.5 Å². The Balaban J connectivity index is 1.57. The molecule has 36 heavy (non-hydrogen) atoms. The molecule has 2 heterocycles. The third-order valence-corrected chi connectivity index (χ3v) is 6.47. The van der Waals surface area contributed by atoms with Crippen molar-refractivity contribution in [1.29, 1.82) is 0 Å². The molecule has 2 aromatic carbocycles. The summed E-state index contributed by atoms with van der Waals surface area (Å²) in [4.78, 5) is 44.5. The van der Waals surface area contributed by atoms with Crippen LogP contribution in [0.2, 0.25) is 0 Å². The van der Waals surface area contributed by atoms with Gasteiger partial charge in [-0.3, -0.25) is 9.59 Å². The minimum atomic E-state index is -1.18. The maximum atomic E-state index is 13.4. The number of H-pyrrole nitrogens is 2. The Morgan fingerprint density at radius 2 is 1.28 bits per heavy atom. The van der Waals surface area contributed by atoms with Gasteiger partial charge in [-0.1, -0.05) is 50.2 Å². The van der Waals surface area contributed by atoms with Gasteiger partial charge in [-0.05, 0) is 29.2 Å². The average molecular weight is 490 g/mol. The molecule has 9 heteroatoms. The Morgan fingerprint density at radius 3 is 1.78 bits per heavy atom. The van der Waals surface area contributed by atoms with E-state index in [9.17, 15) is 19.5 Å². The van der Waals surface area contributed by atoms with E-state index < -0.39 is 35.9 Å². The van der Waals surface area contributed by atoms with Crippen LogP contribution >= 0.6 is 0 Å². The fraction of sp³-hybridized carbons (Fsp3) is 0.296. The van der Waals surface area contributed by atoms with Gasteiger partial charge in [0.1, 0.15) is 12.1 Å². The SMILES string of the molecule is CC(C)[C@H](N)C(=O)N[C@@H](Cc1c[nH]c2ccccc12)C(=O)N[C@@H](Cc1c[nH]c2ccccc12)C(=O)O. The number of fused-ring (bicyclic) bond motifs is 2. The second kappa shape index (κ2) is 10.7. The van der Waals surface area contributed by atoms with Crippen LogP contribution in [0.4, 0.5) is 0 Å². The highest BCUT2D eigenvalue weighted by molar-refractivity contribution is 5.93. The van der Waals surface area contributed by atoms with E-state index >= 15 is 0 Å². The normalized spacial score (nSPS) is 14.0. The summed E-state index contributed by atoms with van der Waals surface area (Å²) in [7, 11) is 0. The zero-order valence-corrected chi connectivity index (χ0v) is 20.2. The van der Waals surface area contributed by atoms with Crippen molar-refractivity contribution in [3.8, 4) is 0 Å². The summed E-state index contributed by atoms with van der Waals surface area (Å²) < 4.78 is 0.